The van der Waals surface area contributed by atoms with Crippen molar-refractivity contribution in [3.63, 3.8) is 0 Å². The summed E-state index contributed by atoms with van der Waals surface area (Å²) in [6.45, 7) is 3.90. The number of hydrogen-bond donors (Lipinski definition) is 1. The van der Waals surface area contributed by atoms with Gasteiger partial charge >= 0.3 is 11.9 Å². The minimum atomic E-state index is -1.82. The molecule has 1 atom stereocenters. The predicted molar refractivity (Wildman–Crippen MR) is 100 cm³/mol. The van der Waals surface area contributed by atoms with Crippen LogP contribution in [0.3, 0.4) is 0 Å². The second-order valence-electron chi connectivity index (χ2n) is 6.68. The predicted octanol–water partition coefficient (Wildman–Crippen LogP) is 2.74. The molecule has 1 aliphatic rings. The Morgan fingerprint density at radius 3 is 2.26 bits per heavy atom. The minimum absolute atomic E-state index is 0.0983. The van der Waals surface area contributed by atoms with E-state index in [-0.39, 0.29) is 17.6 Å². The van der Waals surface area contributed by atoms with Crippen LogP contribution in [0.5, 0.6) is 0 Å². The van der Waals surface area contributed by atoms with Gasteiger partial charge in [0.05, 0.1) is 25.4 Å². The van der Waals surface area contributed by atoms with E-state index in [1.165, 1.54) is 14.2 Å². The molecule has 0 aliphatic heterocycles. The molecule has 0 radical (unpaired) electrons. The number of hydrogen-bond acceptors (Lipinski definition) is 5. The van der Waals surface area contributed by atoms with Gasteiger partial charge in [0.1, 0.15) is 5.60 Å². The lowest BCUT2D eigenvalue weighted by Crippen LogP contribution is -2.40. The number of methoxy groups -OCH3 is 2. The highest BCUT2D eigenvalue weighted by Crippen LogP contribution is 2.45. The molecule has 0 fully saturated rings. The van der Waals surface area contributed by atoms with E-state index in [4.69, 9.17) is 9.47 Å². The molecular formula is C22H22O5. The minimum Gasteiger partial charge on any atom is -0.466 e. The SMILES string of the molecule is COC(=O)C1=C(C(=O)OC)C(O)(c2ccc(C)c(C)c2)c2ccccc2C1. The Bertz CT molecular complexity index is 957. The van der Waals surface area contributed by atoms with Crippen LogP contribution in [0.4, 0.5) is 0 Å². The van der Waals surface area contributed by atoms with Gasteiger partial charge < -0.3 is 14.6 Å². The second-order valence-corrected chi connectivity index (χ2v) is 6.68. The maximum atomic E-state index is 12.7. The van der Waals surface area contributed by atoms with E-state index in [2.05, 4.69) is 0 Å². The number of aliphatic hydroxyl groups is 1. The number of carbonyl (C=O) groups is 2. The lowest BCUT2D eigenvalue weighted by molar-refractivity contribution is -0.141. The van der Waals surface area contributed by atoms with Crippen LogP contribution in [0.1, 0.15) is 27.8 Å². The van der Waals surface area contributed by atoms with E-state index in [0.29, 0.717) is 11.1 Å². The van der Waals surface area contributed by atoms with Crippen LogP contribution in [0.15, 0.2) is 53.6 Å². The summed E-state index contributed by atoms with van der Waals surface area (Å²) in [6.07, 6.45) is 0.181. The third-order valence-corrected chi connectivity index (χ3v) is 5.18. The fourth-order valence-electron chi connectivity index (χ4n) is 3.60. The van der Waals surface area contributed by atoms with Gasteiger partial charge in [-0.15, -0.1) is 0 Å². The van der Waals surface area contributed by atoms with Crippen LogP contribution in [-0.4, -0.2) is 31.3 Å². The zero-order chi connectivity index (χ0) is 19.8. The summed E-state index contributed by atoms with van der Waals surface area (Å²) in [6, 6.07) is 12.7. The van der Waals surface area contributed by atoms with Crippen LogP contribution in [0, 0.1) is 13.8 Å². The first kappa shape index (κ1) is 18.9. The van der Waals surface area contributed by atoms with Crippen LogP contribution in [-0.2, 0) is 31.1 Å². The Hall–Kier alpha value is -2.92. The van der Waals surface area contributed by atoms with Crippen LogP contribution in [0.25, 0.3) is 0 Å². The highest BCUT2D eigenvalue weighted by molar-refractivity contribution is 6.04. The standard InChI is InChI=1S/C22H22O5/c1-13-9-10-16(11-14(13)2)22(25)18-8-6-5-7-15(18)12-17(20(23)26-3)19(22)21(24)27-4/h5-11,25H,12H2,1-4H3. The molecule has 1 N–H and O–H groups in total. The number of benzene rings is 2. The summed E-state index contributed by atoms with van der Waals surface area (Å²) in [4.78, 5) is 25.1. The van der Waals surface area contributed by atoms with E-state index < -0.39 is 17.5 Å². The van der Waals surface area contributed by atoms with Crippen molar-refractivity contribution in [2.75, 3.05) is 14.2 Å². The summed E-state index contributed by atoms with van der Waals surface area (Å²) in [5.41, 5.74) is 2.02. The van der Waals surface area contributed by atoms with Gasteiger partial charge in [0, 0.05) is 6.42 Å². The molecule has 1 unspecified atom stereocenters. The van der Waals surface area contributed by atoms with Gasteiger partial charge in [-0.2, -0.15) is 0 Å². The Morgan fingerprint density at radius 2 is 1.63 bits per heavy atom. The molecule has 5 heteroatoms. The average Bonchev–Trinajstić information content (AvgIpc) is 2.68. The highest BCUT2D eigenvalue weighted by Gasteiger charge is 2.48. The van der Waals surface area contributed by atoms with E-state index >= 15 is 0 Å². The number of rotatable bonds is 3. The molecule has 1 aliphatic carbocycles. The lowest BCUT2D eigenvalue weighted by atomic mass is 9.70. The van der Waals surface area contributed by atoms with Crippen molar-refractivity contribution >= 4 is 11.9 Å². The van der Waals surface area contributed by atoms with Gasteiger partial charge in [-0.1, -0.05) is 42.5 Å². The smallest absolute Gasteiger partial charge is 0.337 e. The quantitative estimate of drug-likeness (QED) is 0.846. The average molecular weight is 366 g/mol. The van der Waals surface area contributed by atoms with Gasteiger partial charge in [0.2, 0.25) is 0 Å². The van der Waals surface area contributed by atoms with Crippen molar-refractivity contribution in [1.29, 1.82) is 0 Å². The normalized spacial score (nSPS) is 18.7. The topological polar surface area (TPSA) is 72.8 Å². The Balaban J connectivity index is 2.40. The first-order chi connectivity index (χ1) is 12.8. The molecule has 0 amide bonds. The highest BCUT2D eigenvalue weighted by atomic mass is 16.5. The maximum absolute atomic E-state index is 12.7. The molecule has 3 rings (SSSR count). The third kappa shape index (κ3) is 2.94. The van der Waals surface area contributed by atoms with Gasteiger partial charge in [0.25, 0.3) is 0 Å². The molecule has 2 aromatic rings. The number of carbonyl (C=O) groups excluding carboxylic acids is 2. The molecule has 0 saturated carbocycles. The second kappa shape index (κ2) is 7.00. The fraction of sp³-hybridized carbons (Fsp3) is 0.273. The van der Waals surface area contributed by atoms with Crippen molar-refractivity contribution in [2.24, 2.45) is 0 Å². The molecule has 27 heavy (non-hydrogen) atoms. The van der Waals surface area contributed by atoms with E-state index in [0.717, 1.165) is 16.7 Å². The first-order valence-electron chi connectivity index (χ1n) is 8.63. The zero-order valence-electron chi connectivity index (χ0n) is 15.8. The van der Waals surface area contributed by atoms with Crippen molar-refractivity contribution in [3.8, 4) is 0 Å². The third-order valence-electron chi connectivity index (χ3n) is 5.18. The summed E-state index contributed by atoms with van der Waals surface area (Å²) in [5, 5.41) is 11.9. The molecule has 0 aromatic heterocycles. The maximum Gasteiger partial charge on any atom is 0.337 e. The molecule has 5 nitrogen and oxygen atoms in total. The van der Waals surface area contributed by atoms with Gasteiger partial charge in [0.15, 0.2) is 0 Å². The number of aryl methyl sites for hydroxylation is 2. The number of fused-ring (bicyclic) bond motifs is 1. The molecule has 0 saturated heterocycles. The van der Waals surface area contributed by atoms with Gasteiger partial charge in [-0.05, 0) is 41.7 Å². The van der Waals surface area contributed by atoms with E-state index in [9.17, 15) is 14.7 Å². The summed E-state index contributed by atoms with van der Waals surface area (Å²) < 4.78 is 9.82. The Labute approximate surface area is 158 Å². The number of esters is 2. The van der Waals surface area contributed by atoms with Crippen LogP contribution in [0.2, 0.25) is 0 Å². The molecule has 0 spiro atoms. The molecule has 0 bridgehead atoms. The van der Waals surface area contributed by atoms with E-state index in [1.807, 2.05) is 38.1 Å². The lowest BCUT2D eigenvalue weighted by Gasteiger charge is -2.37. The fourth-order valence-corrected chi connectivity index (χ4v) is 3.60. The zero-order valence-corrected chi connectivity index (χ0v) is 15.8. The monoisotopic (exact) mass is 366 g/mol. The Morgan fingerprint density at radius 1 is 0.963 bits per heavy atom. The molecule has 2 aromatic carbocycles. The summed E-state index contributed by atoms with van der Waals surface area (Å²) >= 11 is 0. The van der Waals surface area contributed by atoms with E-state index in [1.54, 1.807) is 18.2 Å². The largest absolute Gasteiger partial charge is 0.466 e. The van der Waals surface area contributed by atoms with Crippen molar-refractivity contribution < 1.29 is 24.2 Å². The van der Waals surface area contributed by atoms with Gasteiger partial charge in [-0.3, -0.25) is 0 Å². The van der Waals surface area contributed by atoms with Gasteiger partial charge in [-0.25, -0.2) is 9.59 Å². The molecular weight excluding hydrogens is 344 g/mol. The summed E-state index contributed by atoms with van der Waals surface area (Å²) in [5.74, 6) is -1.42. The van der Waals surface area contributed by atoms with Crippen molar-refractivity contribution in [2.45, 2.75) is 25.9 Å². The van der Waals surface area contributed by atoms with Crippen molar-refractivity contribution in [1.82, 2.24) is 0 Å². The summed E-state index contributed by atoms with van der Waals surface area (Å²) in [7, 11) is 2.48. The molecule has 140 valence electrons. The van der Waals surface area contributed by atoms with Crippen LogP contribution < -0.4 is 0 Å². The Kier molecular flexibility index (Phi) is 4.89. The number of ether oxygens (including phenoxy) is 2. The van der Waals surface area contributed by atoms with Crippen LogP contribution >= 0.6 is 0 Å². The van der Waals surface area contributed by atoms with Crippen molar-refractivity contribution in [3.05, 3.63) is 81.4 Å². The first-order valence-corrected chi connectivity index (χ1v) is 8.63. The molecule has 0 heterocycles.